The van der Waals surface area contributed by atoms with Crippen LogP contribution in [0.5, 0.6) is 23.0 Å². The van der Waals surface area contributed by atoms with E-state index in [2.05, 4.69) is 5.32 Å². The minimum Gasteiger partial charge on any atom is -0.493 e. The topological polar surface area (TPSA) is 109 Å². The first kappa shape index (κ1) is 24.8. The lowest BCUT2D eigenvalue weighted by Gasteiger charge is -2.24. The van der Waals surface area contributed by atoms with Crippen molar-refractivity contribution in [2.75, 3.05) is 7.11 Å². The van der Waals surface area contributed by atoms with Crippen LogP contribution in [0.15, 0.2) is 42.5 Å². The van der Waals surface area contributed by atoms with E-state index in [1.807, 2.05) is 38.1 Å². The molecule has 2 rings (SSSR count). The number of carbonyl (C=O) groups excluding carboxylic acids is 2. The van der Waals surface area contributed by atoms with Gasteiger partial charge in [-0.3, -0.25) is 0 Å². The lowest BCUT2D eigenvalue weighted by Crippen LogP contribution is -2.35. The second-order valence-electron chi connectivity index (χ2n) is 7.96. The predicted octanol–water partition coefficient (Wildman–Crippen LogP) is 5.18. The largest absolute Gasteiger partial charge is 0.493 e. The molecule has 0 aliphatic heterocycles. The Morgan fingerprint density at radius 2 is 1.62 bits per heavy atom. The molecular formula is C24H32N2O6. The molecule has 3 N–H and O–H groups in total. The van der Waals surface area contributed by atoms with Gasteiger partial charge in [-0.15, -0.1) is 0 Å². The van der Waals surface area contributed by atoms with Gasteiger partial charge < -0.3 is 30.0 Å². The highest BCUT2D eigenvalue weighted by atomic mass is 16.6. The van der Waals surface area contributed by atoms with E-state index in [9.17, 15) is 9.59 Å². The van der Waals surface area contributed by atoms with Crippen LogP contribution in [0.1, 0.15) is 46.1 Å². The first-order valence-electron chi connectivity index (χ1n) is 10.6. The summed E-state index contributed by atoms with van der Waals surface area (Å²) in [6.45, 7) is 7.60. The Hall–Kier alpha value is -3.42. The second kappa shape index (κ2) is 11.3. The summed E-state index contributed by atoms with van der Waals surface area (Å²) in [7, 11) is 1.51. The monoisotopic (exact) mass is 444 g/mol. The van der Waals surface area contributed by atoms with Gasteiger partial charge in [-0.1, -0.05) is 26.0 Å². The first-order valence-corrected chi connectivity index (χ1v) is 10.6. The molecule has 0 unspecified atom stereocenters. The van der Waals surface area contributed by atoms with Crippen LogP contribution in [-0.2, 0) is 11.2 Å². The number of primary amides is 1. The Bertz CT molecular complexity index is 907. The van der Waals surface area contributed by atoms with Gasteiger partial charge in [-0.05, 0) is 56.5 Å². The van der Waals surface area contributed by atoms with E-state index < -0.39 is 17.8 Å². The second-order valence-corrected chi connectivity index (χ2v) is 7.96. The van der Waals surface area contributed by atoms with E-state index in [0.29, 0.717) is 29.4 Å². The smallest absolute Gasteiger partial charge is 0.412 e. The Labute approximate surface area is 189 Å². The Morgan fingerprint density at radius 3 is 2.19 bits per heavy atom. The molecule has 0 heterocycles. The number of methoxy groups -OCH3 is 1. The van der Waals surface area contributed by atoms with Crippen LogP contribution in [0.25, 0.3) is 0 Å². The zero-order chi connectivity index (χ0) is 23.7. The van der Waals surface area contributed by atoms with E-state index in [-0.39, 0.29) is 6.04 Å². The van der Waals surface area contributed by atoms with Crippen LogP contribution in [0.4, 0.5) is 9.59 Å². The first-order chi connectivity index (χ1) is 15.2. The normalized spacial score (nSPS) is 11.1. The number of nitrogens with two attached hydrogens (primary N) is 1. The van der Waals surface area contributed by atoms with E-state index in [1.165, 1.54) is 7.11 Å². The number of hydrogen-bond donors (Lipinski definition) is 2. The molecule has 8 heteroatoms. The number of carbonyl (C=O) groups is 2. The van der Waals surface area contributed by atoms with Gasteiger partial charge >= 0.3 is 12.2 Å². The molecule has 2 aromatic rings. The van der Waals surface area contributed by atoms with Crippen LogP contribution in [0.3, 0.4) is 0 Å². The minimum absolute atomic E-state index is 0.0721. The van der Waals surface area contributed by atoms with Crippen LogP contribution >= 0.6 is 0 Å². The van der Waals surface area contributed by atoms with Crippen molar-refractivity contribution >= 4 is 12.2 Å². The summed E-state index contributed by atoms with van der Waals surface area (Å²) in [4.78, 5) is 23.1. The quantitative estimate of drug-likeness (QED) is 0.522. The maximum atomic E-state index is 12.1. The highest BCUT2D eigenvalue weighted by Gasteiger charge is 2.22. The molecule has 0 saturated heterocycles. The molecule has 0 aliphatic carbocycles. The molecule has 2 aromatic carbocycles. The number of benzene rings is 2. The van der Waals surface area contributed by atoms with Gasteiger partial charge in [0.15, 0.2) is 11.5 Å². The molecule has 0 fully saturated rings. The number of ether oxygens (including phenoxy) is 4. The predicted molar refractivity (Wildman–Crippen MR) is 121 cm³/mol. The fraction of sp³-hybridized carbons (Fsp3) is 0.417. The third-order valence-corrected chi connectivity index (χ3v) is 4.81. The summed E-state index contributed by atoms with van der Waals surface area (Å²) in [5.41, 5.74) is 5.36. The van der Waals surface area contributed by atoms with Crippen molar-refractivity contribution in [1.29, 1.82) is 0 Å². The van der Waals surface area contributed by atoms with Crippen molar-refractivity contribution < 1.29 is 28.5 Å². The summed E-state index contributed by atoms with van der Waals surface area (Å²) in [6.07, 6.45) is 0.854. The molecule has 32 heavy (non-hydrogen) atoms. The Balaban J connectivity index is 2.04. The molecule has 0 bridgehead atoms. The standard InChI is InChI=1S/C24H32N2O6/c1-6-17(7-2)26-23(28)31-19-12-13-20(21(14-19)29-5)30-18-10-8-16(9-11-18)15-24(3,4)32-22(25)27/h8-14,17H,6-7,15H2,1-5H3,(H2,25,27)(H,26,28). The summed E-state index contributed by atoms with van der Waals surface area (Å²) < 4.78 is 21.8. The van der Waals surface area contributed by atoms with Crippen LogP contribution in [0.2, 0.25) is 0 Å². The molecule has 0 aromatic heterocycles. The average Bonchev–Trinajstić information content (AvgIpc) is 2.73. The maximum Gasteiger partial charge on any atom is 0.412 e. The van der Waals surface area contributed by atoms with Crippen molar-refractivity contribution in [3.63, 3.8) is 0 Å². The number of rotatable bonds is 10. The number of amides is 2. The van der Waals surface area contributed by atoms with Crippen LogP contribution in [-0.4, -0.2) is 30.9 Å². The highest BCUT2D eigenvalue weighted by molar-refractivity contribution is 5.71. The maximum absolute atomic E-state index is 12.1. The Kier molecular flexibility index (Phi) is 8.75. The zero-order valence-corrected chi connectivity index (χ0v) is 19.3. The van der Waals surface area contributed by atoms with Gasteiger partial charge in [-0.25, -0.2) is 9.59 Å². The lowest BCUT2D eigenvalue weighted by molar-refractivity contribution is 0.0460. The Morgan fingerprint density at radius 1 is 1.00 bits per heavy atom. The van der Waals surface area contributed by atoms with Gasteiger partial charge in [0.05, 0.1) is 7.11 Å². The summed E-state index contributed by atoms with van der Waals surface area (Å²) >= 11 is 0. The van der Waals surface area contributed by atoms with Gasteiger partial charge in [0, 0.05) is 18.5 Å². The van der Waals surface area contributed by atoms with E-state index in [0.717, 1.165) is 18.4 Å². The lowest BCUT2D eigenvalue weighted by atomic mass is 9.98. The van der Waals surface area contributed by atoms with Crippen molar-refractivity contribution in [2.24, 2.45) is 5.73 Å². The van der Waals surface area contributed by atoms with Crippen LogP contribution < -0.4 is 25.3 Å². The molecule has 174 valence electrons. The number of hydrogen-bond acceptors (Lipinski definition) is 6. The molecule has 0 radical (unpaired) electrons. The van der Waals surface area contributed by atoms with Gasteiger partial charge in [-0.2, -0.15) is 0 Å². The van der Waals surface area contributed by atoms with Crippen molar-refractivity contribution in [2.45, 2.75) is 58.6 Å². The van der Waals surface area contributed by atoms with Crippen molar-refractivity contribution in [3.8, 4) is 23.0 Å². The SMILES string of the molecule is CCC(CC)NC(=O)Oc1ccc(Oc2ccc(CC(C)(C)OC(N)=O)cc2)c(OC)c1. The van der Waals surface area contributed by atoms with E-state index in [4.69, 9.17) is 24.7 Å². The minimum atomic E-state index is -0.803. The highest BCUT2D eigenvalue weighted by Crippen LogP contribution is 2.35. The zero-order valence-electron chi connectivity index (χ0n) is 19.3. The van der Waals surface area contributed by atoms with Gasteiger partial charge in [0.25, 0.3) is 0 Å². The molecule has 0 spiro atoms. The third-order valence-electron chi connectivity index (χ3n) is 4.81. The van der Waals surface area contributed by atoms with Crippen LogP contribution in [0, 0.1) is 0 Å². The molecule has 0 atom stereocenters. The van der Waals surface area contributed by atoms with E-state index in [1.54, 1.807) is 32.0 Å². The van der Waals surface area contributed by atoms with Gasteiger partial charge in [0.1, 0.15) is 17.1 Å². The van der Waals surface area contributed by atoms with E-state index >= 15 is 0 Å². The number of nitrogens with one attached hydrogen (secondary N) is 1. The summed E-state index contributed by atoms with van der Waals surface area (Å²) in [5, 5.41) is 2.82. The van der Waals surface area contributed by atoms with Crippen molar-refractivity contribution in [1.82, 2.24) is 5.32 Å². The summed E-state index contributed by atoms with van der Waals surface area (Å²) in [5.74, 6) is 1.86. The molecular weight excluding hydrogens is 412 g/mol. The molecule has 0 aliphatic rings. The van der Waals surface area contributed by atoms with Crippen molar-refractivity contribution in [3.05, 3.63) is 48.0 Å². The fourth-order valence-electron chi connectivity index (χ4n) is 3.19. The summed E-state index contributed by atoms with van der Waals surface area (Å²) in [6, 6.07) is 12.4. The molecule has 2 amide bonds. The van der Waals surface area contributed by atoms with Gasteiger partial charge in [0.2, 0.25) is 0 Å². The fourth-order valence-corrected chi connectivity index (χ4v) is 3.19. The third kappa shape index (κ3) is 7.68. The average molecular weight is 445 g/mol. The molecule has 8 nitrogen and oxygen atoms in total. The molecule has 0 saturated carbocycles.